The molecule has 2 N–H and O–H groups in total. The summed E-state index contributed by atoms with van der Waals surface area (Å²) in [6, 6.07) is 16.9. The summed E-state index contributed by atoms with van der Waals surface area (Å²) in [7, 11) is 0. The number of hydrogen-bond acceptors (Lipinski definition) is 4. The zero-order valence-electron chi connectivity index (χ0n) is 16.4. The average Bonchev–Trinajstić information content (AvgIpc) is 2.72. The van der Waals surface area contributed by atoms with Gasteiger partial charge in [0, 0.05) is 28.5 Å². The van der Waals surface area contributed by atoms with Gasteiger partial charge in [-0.2, -0.15) is 0 Å². The van der Waals surface area contributed by atoms with Crippen LogP contribution >= 0.6 is 11.8 Å². The average molecular weight is 405 g/mol. The Hall–Kier alpha value is -2.79. The van der Waals surface area contributed by atoms with E-state index >= 15 is 0 Å². The Morgan fingerprint density at radius 2 is 2.07 bits per heavy atom. The molecule has 0 fully saturated rings. The third-order valence-electron chi connectivity index (χ3n) is 5.37. The van der Waals surface area contributed by atoms with Crippen LogP contribution in [0.1, 0.15) is 45.8 Å². The lowest BCUT2D eigenvalue weighted by molar-refractivity contribution is 0.0698. The normalized spacial score (nSPS) is 15.6. The Balaban J connectivity index is 1.49. The van der Waals surface area contributed by atoms with E-state index < -0.39 is 5.97 Å². The zero-order chi connectivity index (χ0) is 20.2. The summed E-state index contributed by atoms with van der Waals surface area (Å²) >= 11 is 1.80. The third-order valence-corrected chi connectivity index (χ3v) is 6.35. The lowest BCUT2D eigenvalue weighted by Crippen LogP contribution is -2.19. The fourth-order valence-electron chi connectivity index (χ4n) is 3.94. The SMILES string of the molecule is Cc1cccc(Sc2ccc3c(c2)CCCC3CNc2cnccc2C(=O)O)c1. The molecule has 4 nitrogen and oxygen atoms in total. The van der Waals surface area contributed by atoms with Crippen LogP contribution in [0.3, 0.4) is 0 Å². The number of benzene rings is 2. The van der Waals surface area contributed by atoms with Gasteiger partial charge >= 0.3 is 5.97 Å². The molecule has 4 rings (SSSR count). The van der Waals surface area contributed by atoms with E-state index in [9.17, 15) is 9.90 Å². The second-order valence-corrected chi connectivity index (χ2v) is 8.62. The van der Waals surface area contributed by atoms with Gasteiger partial charge in [-0.25, -0.2) is 4.79 Å². The van der Waals surface area contributed by atoms with Gasteiger partial charge in [-0.3, -0.25) is 4.98 Å². The fraction of sp³-hybridized carbons (Fsp3) is 0.250. The lowest BCUT2D eigenvalue weighted by Gasteiger charge is -2.27. The van der Waals surface area contributed by atoms with Crippen LogP contribution in [0.4, 0.5) is 5.69 Å². The topological polar surface area (TPSA) is 62.2 Å². The van der Waals surface area contributed by atoms with Gasteiger partial charge in [0.05, 0.1) is 17.4 Å². The van der Waals surface area contributed by atoms with Gasteiger partial charge in [-0.05, 0) is 67.6 Å². The third kappa shape index (κ3) is 4.62. The molecule has 0 saturated heterocycles. The van der Waals surface area contributed by atoms with E-state index in [1.54, 1.807) is 18.0 Å². The maximum atomic E-state index is 11.4. The molecule has 1 aliphatic rings. The van der Waals surface area contributed by atoms with E-state index in [0.29, 0.717) is 18.2 Å². The lowest BCUT2D eigenvalue weighted by atomic mass is 9.83. The molecular weight excluding hydrogens is 380 g/mol. The van der Waals surface area contributed by atoms with E-state index in [-0.39, 0.29) is 5.56 Å². The molecule has 0 amide bonds. The Morgan fingerprint density at radius 1 is 1.21 bits per heavy atom. The summed E-state index contributed by atoms with van der Waals surface area (Å²) in [6.07, 6.45) is 6.46. The van der Waals surface area contributed by atoms with E-state index in [0.717, 1.165) is 19.3 Å². The maximum Gasteiger partial charge on any atom is 0.337 e. The number of rotatable bonds is 6. The highest BCUT2D eigenvalue weighted by atomic mass is 32.2. The van der Waals surface area contributed by atoms with Crippen molar-refractivity contribution >= 4 is 23.4 Å². The molecule has 29 heavy (non-hydrogen) atoms. The zero-order valence-corrected chi connectivity index (χ0v) is 17.2. The number of aromatic nitrogens is 1. The Morgan fingerprint density at radius 3 is 2.90 bits per heavy atom. The number of nitrogens with zero attached hydrogens (tertiary/aromatic N) is 1. The van der Waals surface area contributed by atoms with Crippen LogP contribution in [-0.4, -0.2) is 22.6 Å². The highest BCUT2D eigenvalue weighted by molar-refractivity contribution is 7.99. The molecule has 1 aliphatic carbocycles. The molecule has 1 heterocycles. The minimum Gasteiger partial charge on any atom is -0.478 e. The molecule has 1 atom stereocenters. The first-order chi connectivity index (χ1) is 14.1. The van der Waals surface area contributed by atoms with Crippen molar-refractivity contribution in [1.29, 1.82) is 0 Å². The van der Waals surface area contributed by atoms with Crippen LogP contribution in [0.25, 0.3) is 0 Å². The van der Waals surface area contributed by atoms with Gasteiger partial charge in [0.2, 0.25) is 0 Å². The van der Waals surface area contributed by atoms with Crippen molar-refractivity contribution in [2.75, 3.05) is 11.9 Å². The van der Waals surface area contributed by atoms with E-state index in [2.05, 4.69) is 59.7 Å². The minimum absolute atomic E-state index is 0.265. The Kier molecular flexibility index (Phi) is 5.86. The van der Waals surface area contributed by atoms with Crippen LogP contribution in [0, 0.1) is 6.92 Å². The molecule has 1 aromatic heterocycles. The van der Waals surface area contributed by atoms with Crippen LogP contribution in [0.5, 0.6) is 0 Å². The van der Waals surface area contributed by atoms with Crippen LogP contribution in [0.15, 0.2) is 70.7 Å². The quantitative estimate of drug-likeness (QED) is 0.546. The minimum atomic E-state index is -0.934. The summed E-state index contributed by atoms with van der Waals surface area (Å²) < 4.78 is 0. The molecule has 2 aromatic carbocycles. The summed E-state index contributed by atoms with van der Waals surface area (Å²) in [4.78, 5) is 18.0. The van der Waals surface area contributed by atoms with Gasteiger partial charge in [-0.15, -0.1) is 0 Å². The maximum absolute atomic E-state index is 11.4. The van der Waals surface area contributed by atoms with Crippen molar-refractivity contribution in [3.8, 4) is 0 Å². The fourth-order valence-corrected chi connectivity index (χ4v) is 4.94. The van der Waals surface area contributed by atoms with Gasteiger partial charge in [0.25, 0.3) is 0 Å². The van der Waals surface area contributed by atoms with Crippen molar-refractivity contribution in [2.45, 2.75) is 41.9 Å². The van der Waals surface area contributed by atoms with Gasteiger partial charge < -0.3 is 10.4 Å². The molecule has 0 radical (unpaired) electrons. The molecule has 0 bridgehead atoms. The van der Waals surface area contributed by atoms with Crippen molar-refractivity contribution in [1.82, 2.24) is 4.98 Å². The van der Waals surface area contributed by atoms with E-state index in [4.69, 9.17) is 0 Å². The molecule has 1 unspecified atom stereocenters. The van der Waals surface area contributed by atoms with E-state index in [1.165, 1.54) is 38.7 Å². The van der Waals surface area contributed by atoms with Gasteiger partial charge in [-0.1, -0.05) is 35.5 Å². The summed E-state index contributed by atoms with van der Waals surface area (Å²) in [6.45, 7) is 2.83. The second-order valence-electron chi connectivity index (χ2n) is 7.48. The number of aromatic carboxylic acids is 1. The predicted molar refractivity (Wildman–Crippen MR) is 117 cm³/mol. The number of carboxylic acids is 1. The number of carboxylic acid groups (broad SMARTS) is 1. The number of pyridine rings is 1. The number of anilines is 1. The first-order valence-electron chi connectivity index (χ1n) is 9.88. The van der Waals surface area contributed by atoms with Crippen molar-refractivity contribution in [3.63, 3.8) is 0 Å². The number of hydrogen-bond donors (Lipinski definition) is 2. The van der Waals surface area contributed by atoms with E-state index in [1.807, 2.05) is 0 Å². The summed E-state index contributed by atoms with van der Waals surface area (Å²) in [5.41, 5.74) is 4.90. The largest absolute Gasteiger partial charge is 0.478 e. The van der Waals surface area contributed by atoms with Crippen molar-refractivity contribution in [3.05, 3.63) is 83.2 Å². The standard InChI is InChI=1S/C24H24N2O2S/c1-16-4-2-7-19(12-16)29-20-8-9-21-17(13-20)5-3-6-18(21)14-26-23-15-25-11-10-22(23)24(27)28/h2,4,7-13,15,18,26H,3,5-6,14H2,1H3,(H,27,28). The molecule has 148 valence electrons. The molecule has 0 aliphatic heterocycles. The Bertz CT molecular complexity index is 1030. The van der Waals surface area contributed by atoms with Crippen LogP contribution in [-0.2, 0) is 6.42 Å². The summed E-state index contributed by atoms with van der Waals surface area (Å²) in [5, 5.41) is 12.7. The molecule has 0 saturated carbocycles. The highest BCUT2D eigenvalue weighted by Crippen LogP contribution is 2.36. The molecule has 0 spiro atoms. The smallest absolute Gasteiger partial charge is 0.337 e. The predicted octanol–water partition coefficient (Wildman–Crippen LogP) is 5.77. The number of fused-ring (bicyclic) bond motifs is 1. The van der Waals surface area contributed by atoms with Gasteiger partial charge in [0.15, 0.2) is 0 Å². The molecule has 5 heteroatoms. The van der Waals surface area contributed by atoms with Crippen LogP contribution in [0.2, 0.25) is 0 Å². The van der Waals surface area contributed by atoms with Crippen LogP contribution < -0.4 is 5.32 Å². The molecular formula is C24H24N2O2S. The monoisotopic (exact) mass is 404 g/mol. The second kappa shape index (κ2) is 8.70. The number of aryl methyl sites for hydroxylation is 2. The Labute approximate surface area is 175 Å². The first-order valence-corrected chi connectivity index (χ1v) is 10.7. The van der Waals surface area contributed by atoms with Crippen molar-refractivity contribution in [2.24, 2.45) is 0 Å². The van der Waals surface area contributed by atoms with Crippen molar-refractivity contribution < 1.29 is 9.90 Å². The van der Waals surface area contributed by atoms with Gasteiger partial charge in [0.1, 0.15) is 0 Å². The summed E-state index contributed by atoms with van der Waals surface area (Å²) in [5.74, 6) is -0.560. The number of nitrogens with one attached hydrogen (secondary N) is 1. The highest BCUT2D eigenvalue weighted by Gasteiger charge is 2.21. The first kappa shape index (κ1) is 19.5. The number of carbonyl (C=O) groups is 1. The molecule has 3 aromatic rings.